The van der Waals surface area contributed by atoms with Crippen LogP contribution in [-0.2, 0) is 5.75 Å². The molecular weight excluding hydrogens is 465 g/mol. The average molecular weight is 485 g/mol. The molecule has 31 heavy (non-hydrogen) atoms. The van der Waals surface area contributed by atoms with Crippen molar-refractivity contribution in [2.24, 2.45) is 0 Å². The standard InChI is InChI=1S/C23H20N2O2S4/c1-14-12-30-23(24-14)31-13-18-17-7-2-3-8-19(17)27-20(18)21(26)25-16-6-4-5-15(11-16)22-28-9-10-29-22/h2-8,11-12,22H,9-10,13H2,1H3,(H,25,26). The molecular formula is C23H20N2O2S4. The molecule has 0 aliphatic carbocycles. The van der Waals surface area contributed by atoms with Crippen LogP contribution in [0.25, 0.3) is 11.0 Å². The number of para-hydroxylation sites is 1. The van der Waals surface area contributed by atoms with Gasteiger partial charge in [-0.05, 0) is 30.7 Å². The lowest BCUT2D eigenvalue weighted by Crippen LogP contribution is -2.13. The van der Waals surface area contributed by atoms with E-state index in [1.54, 1.807) is 23.1 Å². The largest absolute Gasteiger partial charge is 0.451 e. The zero-order valence-electron chi connectivity index (χ0n) is 16.8. The molecule has 2 aromatic heterocycles. The molecule has 0 radical (unpaired) electrons. The number of thiazole rings is 1. The molecule has 0 spiro atoms. The first kappa shape index (κ1) is 21.0. The fourth-order valence-electron chi connectivity index (χ4n) is 3.46. The Morgan fingerprint density at radius 3 is 2.84 bits per heavy atom. The molecule has 0 bridgehead atoms. The van der Waals surface area contributed by atoms with Gasteiger partial charge in [-0.2, -0.15) is 0 Å². The van der Waals surface area contributed by atoms with Crippen LogP contribution in [0.3, 0.4) is 0 Å². The van der Waals surface area contributed by atoms with E-state index in [1.807, 2.05) is 72.2 Å². The van der Waals surface area contributed by atoms with Gasteiger partial charge in [0.05, 0.1) is 4.58 Å². The number of rotatable bonds is 6. The lowest BCUT2D eigenvalue weighted by Gasteiger charge is -2.11. The van der Waals surface area contributed by atoms with Crippen LogP contribution in [0.4, 0.5) is 5.69 Å². The molecule has 0 unspecified atom stereocenters. The van der Waals surface area contributed by atoms with Crippen molar-refractivity contribution in [3.63, 3.8) is 0 Å². The smallest absolute Gasteiger partial charge is 0.291 e. The molecule has 0 saturated carbocycles. The van der Waals surface area contributed by atoms with Gasteiger partial charge >= 0.3 is 0 Å². The van der Waals surface area contributed by atoms with E-state index in [9.17, 15) is 4.79 Å². The summed E-state index contributed by atoms with van der Waals surface area (Å²) in [4.78, 5) is 17.7. The Labute approximate surface area is 197 Å². The van der Waals surface area contributed by atoms with Gasteiger partial charge in [-0.25, -0.2) is 4.98 Å². The van der Waals surface area contributed by atoms with Crippen molar-refractivity contribution in [2.45, 2.75) is 21.6 Å². The number of nitrogens with one attached hydrogen (secondary N) is 1. The van der Waals surface area contributed by atoms with Crippen molar-refractivity contribution in [2.75, 3.05) is 16.8 Å². The van der Waals surface area contributed by atoms with E-state index in [4.69, 9.17) is 4.42 Å². The topological polar surface area (TPSA) is 55.1 Å². The van der Waals surface area contributed by atoms with Crippen molar-refractivity contribution in [3.05, 3.63) is 76.5 Å². The number of fused-ring (bicyclic) bond motifs is 1. The van der Waals surface area contributed by atoms with Crippen LogP contribution < -0.4 is 5.32 Å². The number of carbonyl (C=O) groups is 1. The quantitative estimate of drug-likeness (QED) is 0.292. The van der Waals surface area contributed by atoms with Gasteiger partial charge in [-0.3, -0.25) is 4.79 Å². The maximum Gasteiger partial charge on any atom is 0.291 e. The highest BCUT2D eigenvalue weighted by molar-refractivity contribution is 8.19. The summed E-state index contributed by atoms with van der Waals surface area (Å²) in [6.45, 7) is 1.99. The molecule has 1 saturated heterocycles. The Morgan fingerprint density at radius 2 is 2.03 bits per heavy atom. The lowest BCUT2D eigenvalue weighted by atomic mass is 10.1. The Bertz CT molecular complexity index is 1230. The number of carbonyl (C=O) groups excluding carboxylic acids is 1. The first-order valence-electron chi connectivity index (χ1n) is 9.87. The maximum absolute atomic E-state index is 13.2. The molecule has 158 valence electrons. The molecule has 1 amide bonds. The monoisotopic (exact) mass is 484 g/mol. The van der Waals surface area contributed by atoms with E-state index in [0.29, 0.717) is 16.1 Å². The Hall–Kier alpha value is -1.87. The third-order valence-electron chi connectivity index (χ3n) is 4.88. The normalized spacial score (nSPS) is 14.4. The Balaban J connectivity index is 1.41. The van der Waals surface area contributed by atoms with Crippen molar-refractivity contribution in [1.82, 2.24) is 4.98 Å². The number of hydrogen-bond donors (Lipinski definition) is 1. The number of hydrogen-bond acceptors (Lipinski definition) is 7. The second-order valence-corrected chi connectivity index (χ2v) is 11.9. The number of aromatic nitrogens is 1. The number of nitrogens with zero attached hydrogens (tertiary/aromatic N) is 1. The highest BCUT2D eigenvalue weighted by atomic mass is 32.2. The minimum atomic E-state index is -0.217. The maximum atomic E-state index is 13.2. The third-order valence-corrected chi connectivity index (χ3v) is 10.2. The first-order chi connectivity index (χ1) is 15.2. The summed E-state index contributed by atoms with van der Waals surface area (Å²) in [5.41, 5.74) is 4.69. The molecule has 4 aromatic rings. The van der Waals surface area contributed by atoms with E-state index in [2.05, 4.69) is 22.4 Å². The summed E-state index contributed by atoms with van der Waals surface area (Å²) < 4.78 is 7.44. The second-order valence-electron chi connectivity index (χ2n) is 7.10. The van der Waals surface area contributed by atoms with Gasteiger partial charge in [0.15, 0.2) is 5.76 Å². The number of thioether (sulfide) groups is 3. The minimum absolute atomic E-state index is 0.217. The van der Waals surface area contributed by atoms with E-state index >= 15 is 0 Å². The summed E-state index contributed by atoms with van der Waals surface area (Å²) in [5.74, 6) is 3.13. The third kappa shape index (κ3) is 4.67. The molecule has 1 aliphatic heterocycles. The van der Waals surface area contributed by atoms with Crippen LogP contribution in [0.5, 0.6) is 0 Å². The van der Waals surface area contributed by atoms with E-state index in [0.717, 1.165) is 32.3 Å². The zero-order chi connectivity index (χ0) is 21.2. The molecule has 1 N–H and O–H groups in total. The number of amides is 1. The molecule has 4 nitrogen and oxygen atoms in total. The molecule has 1 fully saturated rings. The summed E-state index contributed by atoms with van der Waals surface area (Å²) in [6.07, 6.45) is 0. The molecule has 0 atom stereocenters. The molecule has 5 rings (SSSR count). The van der Waals surface area contributed by atoms with Gasteiger partial charge in [0.25, 0.3) is 5.91 Å². The van der Waals surface area contributed by atoms with Gasteiger partial charge in [0.1, 0.15) is 9.92 Å². The van der Waals surface area contributed by atoms with Crippen molar-refractivity contribution >= 4 is 69.2 Å². The van der Waals surface area contributed by atoms with E-state index in [-0.39, 0.29) is 5.91 Å². The van der Waals surface area contributed by atoms with E-state index in [1.165, 1.54) is 17.1 Å². The Morgan fingerprint density at radius 1 is 1.19 bits per heavy atom. The summed E-state index contributed by atoms with van der Waals surface area (Å²) in [7, 11) is 0. The highest BCUT2D eigenvalue weighted by Crippen LogP contribution is 2.45. The van der Waals surface area contributed by atoms with E-state index < -0.39 is 0 Å². The first-order valence-corrected chi connectivity index (χ1v) is 13.8. The predicted octanol–water partition coefficient (Wildman–Crippen LogP) is 7.22. The fourth-order valence-corrected chi connectivity index (χ4v) is 8.18. The zero-order valence-corrected chi connectivity index (χ0v) is 20.1. The van der Waals surface area contributed by atoms with Crippen LogP contribution in [0.2, 0.25) is 0 Å². The predicted molar refractivity (Wildman–Crippen MR) is 135 cm³/mol. The van der Waals surface area contributed by atoms with Crippen LogP contribution in [-0.4, -0.2) is 22.4 Å². The van der Waals surface area contributed by atoms with Gasteiger partial charge in [0.2, 0.25) is 0 Å². The summed E-state index contributed by atoms with van der Waals surface area (Å²) in [6, 6.07) is 16.0. The summed E-state index contributed by atoms with van der Waals surface area (Å²) in [5, 5.41) is 6.06. The summed E-state index contributed by atoms with van der Waals surface area (Å²) >= 11 is 7.17. The minimum Gasteiger partial charge on any atom is -0.451 e. The van der Waals surface area contributed by atoms with Crippen LogP contribution >= 0.6 is 46.6 Å². The fraction of sp³-hybridized carbons (Fsp3) is 0.217. The number of aryl methyl sites for hydroxylation is 1. The van der Waals surface area contributed by atoms with Crippen LogP contribution in [0.1, 0.15) is 32.0 Å². The van der Waals surface area contributed by atoms with Gasteiger partial charge < -0.3 is 9.73 Å². The lowest BCUT2D eigenvalue weighted by molar-refractivity contribution is 0.0998. The van der Waals surface area contributed by atoms with Crippen molar-refractivity contribution in [1.29, 1.82) is 0 Å². The Kier molecular flexibility index (Phi) is 6.31. The average Bonchev–Trinajstić information content (AvgIpc) is 3.52. The molecule has 8 heteroatoms. The molecule has 2 aromatic carbocycles. The SMILES string of the molecule is Cc1csc(SCc2c(C(=O)Nc3cccc(C4SCCS4)c3)oc3ccccc23)n1. The molecule has 3 heterocycles. The number of anilines is 1. The van der Waals surface area contributed by atoms with Gasteiger partial charge in [-0.1, -0.05) is 42.1 Å². The molecule has 1 aliphatic rings. The van der Waals surface area contributed by atoms with Gasteiger partial charge in [-0.15, -0.1) is 34.9 Å². The number of furan rings is 1. The van der Waals surface area contributed by atoms with Crippen LogP contribution in [0.15, 0.2) is 62.7 Å². The van der Waals surface area contributed by atoms with Crippen molar-refractivity contribution in [3.8, 4) is 0 Å². The van der Waals surface area contributed by atoms with Gasteiger partial charge in [0, 0.05) is 45.0 Å². The van der Waals surface area contributed by atoms with Crippen molar-refractivity contribution < 1.29 is 9.21 Å². The second kappa shape index (κ2) is 9.32. The van der Waals surface area contributed by atoms with Crippen LogP contribution in [0, 0.1) is 6.92 Å². The highest BCUT2D eigenvalue weighted by Gasteiger charge is 2.22. The number of benzene rings is 2.